The van der Waals surface area contributed by atoms with Crippen molar-refractivity contribution in [1.82, 2.24) is 4.72 Å². The van der Waals surface area contributed by atoms with Gasteiger partial charge in [0.05, 0.1) is 5.75 Å². The van der Waals surface area contributed by atoms with Gasteiger partial charge in [-0.1, -0.05) is 12.1 Å². The maximum absolute atomic E-state index is 11.6. The van der Waals surface area contributed by atoms with Crippen molar-refractivity contribution in [2.24, 2.45) is 0 Å². The third-order valence-electron chi connectivity index (χ3n) is 2.24. The molecule has 1 unspecified atom stereocenters. The third kappa shape index (κ3) is 6.95. The van der Waals surface area contributed by atoms with Crippen molar-refractivity contribution in [2.45, 2.75) is 4.90 Å². The molecule has 0 aliphatic heterocycles. The molecule has 0 fully saturated rings. The zero-order valence-corrected chi connectivity index (χ0v) is 13.1. The van der Waals surface area contributed by atoms with Gasteiger partial charge in [-0.3, -0.25) is 4.21 Å². The van der Waals surface area contributed by atoms with Gasteiger partial charge >= 0.3 is 0 Å². The molecule has 1 aromatic rings. The Balaban J connectivity index is 2.35. The van der Waals surface area contributed by atoms with E-state index in [-0.39, 0.29) is 12.3 Å². The topological polar surface area (TPSA) is 89.3 Å². The maximum Gasteiger partial charge on any atom is 0.212 e. The number of thioether (sulfide) groups is 1. The first-order valence-electron chi connectivity index (χ1n) is 5.65. The smallest absolute Gasteiger partial charge is 0.212 e. The Morgan fingerprint density at radius 3 is 2.68 bits per heavy atom. The predicted octanol–water partition coefficient (Wildman–Crippen LogP) is 0.659. The number of hydrogen-bond donors (Lipinski definition) is 2. The fourth-order valence-corrected chi connectivity index (χ4v) is 4.20. The molecule has 0 saturated carbocycles. The highest BCUT2D eigenvalue weighted by molar-refractivity contribution is 8.00. The lowest BCUT2D eigenvalue weighted by Crippen LogP contribution is -2.30. The summed E-state index contributed by atoms with van der Waals surface area (Å²) in [4.78, 5) is 0.882. The number of para-hydroxylation sites is 1. The van der Waals surface area contributed by atoms with Crippen LogP contribution in [0.4, 0.5) is 5.69 Å². The second-order valence-electron chi connectivity index (χ2n) is 3.88. The van der Waals surface area contributed by atoms with Crippen LogP contribution in [0.25, 0.3) is 0 Å². The van der Waals surface area contributed by atoms with E-state index in [1.807, 2.05) is 18.2 Å². The first-order chi connectivity index (χ1) is 8.91. The van der Waals surface area contributed by atoms with Crippen molar-refractivity contribution >= 4 is 38.3 Å². The fourth-order valence-electron chi connectivity index (χ4n) is 1.29. The number of nitrogen functional groups attached to an aromatic ring is 1. The van der Waals surface area contributed by atoms with E-state index >= 15 is 0 Å². The van der Waals surface area contributed by atoms with Crippen molar-refractivity contribution in [3.63, 3.8) is 0 Å². The van der Waals surface area contributed by atoms with E-state index in [4.69, 9.17) is 5.73 Å². The van der Waals surface area contributed by atoms with E-state index in [1.54, 1.807) is 12.3 Å². The summed E-state index contributed by atoms with van der Waals surface area (Å²) >= 11 is 1.41. The number of sulfonamides is 1. The van der Waals surface area contributed by atoms with Crippen LogP contribution >= 0.6 is 11.8 Å². The van der Waals surface area contributed by atoms with Gasteiger partial charge in [-0.05, 0) is 12.1 Å². The van der Waals surface area contributed by atoms with Crippen molar-refractivity contribution in [1.29, 1.82) is 0 Å². The third-order valence-corrected chi connectivity index (χ3v) is 5.75. The number of nitrogens with one attached hydrogen (secondary N) is 1. The molecule has 0 aliphatic carbocycles. The summed E-state index contributed by atoms with van der Waals surface area (Å²) in [6, 6.07) is 7.34. The summed E-state index contributed by atoms with van der Waals surface area (Å²) in [6.45, 7) is 0.212. The lowest BCUT2D eigenvalue weighted by Gasteiger charge is -2.07. The van der Waals surface area contributed by atoms with Crippen LogP contribution in [-0.4, -0.2) is 42.7 Å². The Morgan fingerprint density at radius 1 is 1.37 bits per heavy atom. The van der Waals surface area contributed by atoms with Crippen LogP contribution in [-0.2, 0) is 20.8 Å². The molecule has 0 bridgehead atoms. The van der Waals surface area contributed by atoms with Gasteiger partial charge in [0.25, 0.3) is 0 Å². The molecule has 0 radical (unpaired) electrons. The minimum Gasteiger partial charge on any atom is -0.398 e. The molecule has 1 atom stereocenters. The molecule has 19 heavy (non-hydrogen) atoms. The van der Waals surface area contributed by atoms with E-state index < -0.39 is 20.8 Å². The molecular formula is C11H18N2O3S3. The van der Waals surface area contributed by atoms with Gasteiger partial charge in [0.15, 0.2) is 0 Å². The van der Waals surface area contributed by atoms with Crippen LogP contribution in [0.15, 0.2) is 29.2 Å². The average Bonchev–Trinajstić information content (AvgIpc) is 2.30. The van der Waals surface area contributed by atoms with Gasteiger partial charge in [-0.2, -0.15) is 0 Å². The van der Waals surface area contributed by atoms with Gasteiger partial charge in [-0.15, -0.1) is 11.8 Å². The minimum absolute atomic E-state index is 0.0162. The monoisotopic (exact) mass is 322 g/mol. The SMILES string of the molecule is CS(=O)CCNS(=O)(=O)CCSc1ccccc1N. The van der Waals surface area contributed by atoms with Crippen LogP contribution < -0.4 is 10.5 Å². The Bertz CT molecular complexity index is 532. The molecule has 8 heteroatoms. The molecular weight excluding hydrogens is 304 g/mol. The summed E-state index contributed by atoms with van der Waals surface area (Å²) in [5.74, 6) is 0.777. The zero-order valence-electron chi connectivity index (χ0n) is 10.7. The zero-order chi connectivity index (χ0) is 14.3. The number of nitrogens with two attached hydrogens (primary N) is 1. The Morgan fingerprint density at radius 2 is 2.05 bits per heavy atom. The molecule has 0 heterocycles. The average molecular weight is 322 g/mol. The Hall–Kier alpha value is -0.570. The fraction of sp³-hybridized carbons (Fsp3) is 0.455. The van der Waals surface area contributed by atoms with E-state index in [0.29, 0.717) is 17.2 Å². The summed E-state index contributed by atoms with van der Waals surface area (Å²) in [7, 11) is -4.29. The van der Waals surface area contributed by atoms with Crippen molar-refractivity contribution in [3.05, 3.63) is 24.3 Å². The molecule has 0 aliphatic rings. The van der Waals surface area contributed by atoms with Gasteiger partial charge < -0.3 is 5.73 Å². The van der Waals surface area contributed by atoms with Crippen LogP contribution in [0, 0.1) is 0 Å². The molecule has 0 amide bonds. The van der Waals surface area contributed by atoms with Crippen molar-refractivity contribution < 1.29 is 12.6 Å². The van der Waals surface area contributed by atoms with E-state index in [9.17, 15) is 12.6 Å². The molecule has 1 aromatic carbocycles. The molecule has 0 aromatic heterocycles. The molecule has 3 N–H and O–H groups in total. The second kappa shape index (κ2) is 7.88. The van der Waals surface area contributed by atoms with Gasteiger partial charge in [0, 0.05) is 45.7 Å². The lowest BCUT2D eigenvalue weighted by atomic mass is 10.3. The van der Waals surface area contributed by atoms with Crippen LogP contribution in [0.5, 0.6) is 0 Å². The highest BCUT2D eigenvalue weighted by Crippen LogP contribution is 2.24. The van der Waals surface area contributed by atoms with E-state index in [2.05, 4.69) is 4.72 Å². The van der Waals surface area contributed by atoms with Crippen molar-refractivity contribution in [2.75, 3.05) is 35.8 Å². The summed E-state index contributed by atoms with van der Waals surface area (Å²) in [6.07, 6.45) is 1.54. The van der Waals surface area contributed by atoms with Crippen LogP contribution in [0.3, 0.4) is 0 Å². The quantitative estimate of drug-likeness (QED) is 0.542. The van der Waals surface area contributed by atoms with Crippen LogP contribution in [0.2, 0.25) is 0 Å². The Kier molecular flexibility index (Phi) is 6.84. The predicted molar refractivity (Wildman–Crippen MR) is 82.3 cm³/mol. The van der Waals surface area contributed by atoms with E-state index in [0.717, 1.165) is 4.90 Å². The normalized spacial score (nSPS) is 13.3. The molecule has 5 nitrogen and oxygen atoms in total. The maximum atomic E-state index is 11.6. The van der Waals surface area contributed by atoms with Gasteiger partial charge in [0.2, 0.25) is 10.0 Å². The van der Waals surface area contributed by atoms with Gasteiger partial charge in [0.1, 0.15) is 0 Å². The molecule has 0 saturated heterocycles. The Labute approximate surface area is 120 Å². The molecule has 108 valence electrons. The summed E-state index contributed by atoms with van der Waals surface area (Å²) < 4.78 is 36.5. The van der Waals surface area contributed by atoms with Gasteiger partial charge in [-0.25, -0.2) is 13.1 Å². The molecule has 1 rings (SSSR count). The number of anilines is 1. The second-order valence-corrected chi connectivity index (χ2v) is 8.49. The number of benzene rings is 1. The van der Waals surface area contributed by atoms with Crippen molar-refractivity contribution in [3.8, 4) is 0 Å². The highest BCUT2D eigenvalue weighted by Gasteiger charge is 2.10. The number of rotatable bonds is 8. The minimum atomic E-state index is -3.31. The first kappa shape index (κ1) is 16.5. The van der Waals surface area contributed by atoms with Crippen LogP contribution in [0.1, 0.15) is 0 Å². The standard InChI is InChI=1S/C11H18N2O3S3/c1-18(14)8-6-13-19(15,16)9-7-17-11-5-3-2-4-10(11)12/h2-5,13H,6-9,12H2,1H3. The summed E-state index contributed by atoms with van der Waals surface area (Å²) in [5.41, 5.74) is 6.42. The van der Waals surface area contributed by atoms with E-state index in [1.165, 1.54) is 11.8 Å². The largest absolute Gasteiger partial charge is 0.398 e. The number of hydrogen-bond acceptors (Lipinski definition) is 5. The summed E-state index contributed by atoms with van der Waals surface area (Å²) in [5, 5.41) is 0. The highest BCUT2D eigenvalue weighted by atomic mass is 32.2. The first-order valence-corrected chi connectivity index (χ1v) is 10.0. The lowest BCUT2D eigenvalue weighted by molar-refractivity contribution is 0.585. The molecule has 0 spiro atoms.